The van der Waals surface area contributed by atoms with Gasteiger partial charge < -0.3 is 13.6 Å². The third-order valence-electron chi connectivity index (χ3n) is 4.18. The van der Waals surface area contributed by atoms with Crippen molar-refractivity contribution in [2.75, 3.05) is 13.2 Å². The smallest absolute Gasteiger partial charge is 0.321 e. The molecule has 0 aromatic rings. The van der Waals surface area contributed by atoms with Crippen molar-refractivity contribution >= 4 is 9.28 Å². The lowest BCUT2D eigenvalue weighted by Gasteiger charge is -2.20. The van der Waals surface area contributed by atoms with Gasteiger partial charge in [-0.2, -0.15) is 0 Å². The summed E-state index contributed by atoms with van der Waals surface area (Å²) in [6.07, 6.45) is 10.1. The Balaban J connectivity index is 1.57. The topological polar surface area (TPSA) is 31.0 Å². The largest absolute Gasteiger partial charge is 0.397 e. The van der Waals surface area contributed by atoms with Crippen LogP contribution in [-0.2, 0) is 13.6 Å². The molecule has 0 N–H and O–H groups in total. The first kappa shape index (κ1) is 15.5. The van der Waals surface area contributed by atoms with E-state index in [-0.39, 0.29) is 0 Å². The molecule has 0 amide bonds. The molecule has 112 valence electrons. The summed E-state index contributed by atoms with van der Waals surface area (Å²) in [4.78, 5) is 0. The Kier molecular flexibility index (Phi) is 6.84. The van der Waals surface area contributed by atoms with E-state index in [4.69, 9.17) is 13.6 Å². The van der Waals surface area contributed by atoms with Gasteiger partial charge >= 0.3 is 9.28 Å². The van der Waals surface area contributed by atoms with E-state index in [1.54, 1.807) is 0 Å². The maximum absolute atomic E-state index is 5.90. The Hall–Kier alpha value is 0.0969. The van der Waals surface area contributed by atoms with E-state index in [1.807, 2.05) is 0 Å². The number of ether oxygens (including phenoxy) is 1. The second-order valence-electron chi connectivity index (χ2n) is 5.99. The van der Waals surface area contributed by atoms with Gasteiger partial charge in [-0.1, -0.05) is 26.7 Å². The van der Waals surface area contributed by atoms with Gasteiger partial charge in [0.15, 0.2) is 0 Å². The molecule has 0 bridgehead atoms. The molecular weight excluding hydrogens is 256 g/mol. The Morgan fingerprint density at radius 2 is 1.79 bits per heavy atom. The summed E-state index contributed by atoms with van der Waals surface area (Å²) in [5.74, 6) is 0.899. The Bertz CT molecular complexity index is 242. The molecule has 0 spiro atoms. The Morgan fingerprint density at radius 1 is 1.05 bits per heavy atom. The maximum Gasteiger partial charge on any atom is 0.321 e. The zero-order valence-electron chi connectivity index (χ0n) is 12.6. The van der Waals surface area contributed by atoms with Crippen molar-refractivity contribution < 1.29 is 13.6 Å². The molecule has 1 saturated heterocycles. The van der Waals surface area contributed by atoms with Crippen molar-refractivity contribution in [3.8, 4) is 0 Å². The van der Waals surface area contributed by atoms with Crippen LogP contribution in [0, 0.1) is 5.92 Å². The van der Waals surface area contributed by atoms with Gasteiger partial charge in [0.25, 0.3) is 0 Å². The fraction of sp³-hybridized carbons (Fsp3) is 1.00. The lowest BCUT2D eigenvalue weighted by atomic mass is 9.86. The molecule has 2 fully saturated rings. The first-order valence-electron chi connectivity index (χ1n) is 8.22. The van der Waals surface area contributed by atoms with Crippen LogP contribution in [0.5, 0.6) is 0 Å². The lowest BCUT2D eigenvalue weighted by Crippen LogP contribution is -2.24. The molecule has 19 heavy (non-hydrogen) atoms. The Labute approximate surface area is 119 Å². The van der Waals surface area contributed by atoms with Crippen LogP contribution < -0.4 is 0 Å². The number of fused-ring (bicyclic) bond motifs is 1. The molecule has 1 heterocycles. The number of rotatable bonds is 10. The summed E-state index contributed by atoms with van der Waals surface area (Å²) in [5.41, 5.74) is 0. The van der Waals surface area contributed by atoms with E-state index in [0.717, 1.165) is 32.0 Å². The second kappa shape index (κ2) is 8.40. The predicted molar refractivity (Wildman–Crippen MR) is 79.7 cm³/mol. The van der Waals surface area contributed by atoms with Gasteiger partial charge in [0.05, 0.1) is 12.2 Å². The highest BCUT2D eigenvalue weighted by Crippen LogP contribution is 2.41. The number of hydrogen-bond donors (Lipinski definition) is 0. The van der Waals surface area contributed by atoms with Crippen LogP contribution in [0.4, 0.5) is 0 Å². The van der Waals surface area contributed by atoms with Gasteiger partial charge in [-0.05, 0) is 44.1 Å². The fourth-order valence-electron chi connectivity index (χ4n) is 3.04. The highest BCUT2D eigenvalue weighted by Gasteiger charge is 2.43. The van der Waals surface area contributed by atoms with Crippen molar-refractivity contribution in [3.63, 3.8) is 0 Å². The fourth-order valence-corrected chi connectivity index (χ4v) is 5.03. The lowest BCUT2D eigenvalue weighted by molar-refractivity contribution is 0.194. The molecule has 4 heteroatoms. The second-order valence-corrected chi connectivity index (χ2v) is 8.10. The van der Waals surface area contributed by atoms with Crippen molar-refractivity contribution in [3.05, 3.63) is 0 Å². The maximum atomic E-state index is 5.90. The van der Waals surface area contributed by atoms with E-state index in [0.29, 0.717) is 12.2 Å². The van der Waals surface area contributed by atoms with Crippen molar-refractivity contribution in [1.82, 2.24) is 0 Å². The average Bonchev–Trinajstić information content (AvgIpc) is 3.19. The summed E-state index contributed by atoms with van der Waals surface area (Å²) >= 11 is 0. The standard InChI is InChI=1S/C15H30O3Si/c1-3-9-16-19(17-10-4-2)11-5-6-13-7-8-14-15(12-13)18-14/h13-15,19H,3-12H2,1-2H3. The highest BCUT2D eigenvalue weighted by atomic mass is 28.3. The summed E-state index contributed by atoms with van der Waals surface area (Å²) in [6, 6.07) is 1.19. The van der Waals surface area contributed by atoms with E-state index >= 15 is 0 Å². The molecule has 0 radical (unpaired) electrons. The van der Waals surface area contributed by atoms with E-state index in [1.165, 1.54) is 38.1 Å². The number of hydrogen-bond acceptors (Lipinski definition) is 3. The monoisotopic (exact) mass is 286 g/mol. The first-order valence-corrected chi connectivity index (χ1v) is 9.98. The molecule has 1 aliphatic carbocycles. The van der Waals surface area contributed by atoms with E-state index in [2.05, 4.69) is 13.8 Å². The Morgan fingerprint density at radius 3 is 2.42 bits per heavy atom. The quantitative estimate of drug-likeness (QED) is 0.455. The van der Waals surface area contributed by atoms with Gasteiger partial charge in [0, 0.05) is 13.2 Å². The molecule has 3 unspecified atom stereocenters. The van der Waals surface area contributed by atoms with Crippen LogP contribution in [0.15, 0.2) is 0 Å². The normalized spacial score (nSPS) is 29.5. The summed E-state index contributed by atoms with van der Waals surface area (Å²) in [5, 5.41) is 0. The van der Waals surface area contributed by atoms with Gasteiger partial charge in [-0.15, -0.1) is 0 Å². The highest BCUT2D eigenvalue weighted by molar-refractivity contribution is 6.44. The van der Waals surface area contributed by atoms with Crippen LogP contribution in [0.1, 0.15) is 58.8 Å². The van der Waals surface area contributed by atoms with Crippen LogP contribution in [0.25, 0.3) is 0 Å². The molecule has 3 atom stereocenters. The van der Waals surface area contributed by atoms with Gasteiger partial charge in [0.2, 0.25) is 0 Å². The third kappa shape index (κ3) is 5.54. The summed E-state index contributed by atoms with van der Waals surface area (Å²) < 4.78 is 17.4. The molecule has 0 aromatic heterocycles. The summed E-state index contributed by atoms with van der Waals surface area (Å²) in [6.45, 7) is 6.09. The number of epoxide rings is 1. The van der Waals surface area contributed by atoms with Crippen molar-refractivity contribution in [1.29, 1.82) is 0 Å². The van der Waals surface area contributed by atoms with Crippen molar-refractivity contribution in [2.24, 2.45) is 5.92 Å². The van der Waals surface area contributed by atoms with Gasteiger partial charge in [-0.3, -0.25) is 0 Å². The van der Waals surface area contributed by atoms with Crippen molar-refractivity contribution in [2.45, 2.75) is 77.0 Å². The zero-order chi connectivity index (χ0) is 13.5. The van der Waals surface area contributed by atoms with Crippen LogP contribution in [-0.4, -0.2) is 34.7 Å². The average molecular weight is 286 g/mol. The third-order valence-corrected chi connectivity index (χ3v) is 6.28. The molecule has 1 saturated carbocycles. The molecule has 0 aromatic carbocycles. The van der Waals surface area contributed by atoms with Gasteiger partial charge in [0.1, 0.15) is 0 Å². The molecule has 3 nitrogen and oxygen atoms in total. The van der Waals surface area contributed by atoms with Crippen LogP contribution >= 0.6 is 0 Å². The molecule has 2 aliphatic rings. The minimum atomic E-state index is -1.38. The predicted octanol–water partition coefficient (Wildman–Crippen LogP) is 3.41. The summed E-state index contributed by atoms with van der Waals surface area (Å²) in [7, 11) is -1.38. The minimum Gasteiger partial charge on any atom is -0.397 e. The van der Waals surface area contributed by atoms with Crippen LogP contribution in [0.2, 0.25) is 6.04 Å². The SMILES string of the molecule is CCCO[SiH](CCCC1CCC2OC2C1)OCCC. The van der Waals surface area contributed by atoms with E-state index in [9.17, 15) is 0 Å². The minimum absolute atomic E-state index is 0.625. The zero-order valence-corrected chi connectivity index (χ0v) is 13.8. The van der Waals surface area contributed by atoms with E-state index < -0.39 is 9.28 Å². The molecular formula is C15H30O3Si. The molecule has 1 aliphatic heterocycles. The van der Waals surface area contributed by atoms with Crippen LogP contribution in [0.3, 0.4) is 0 Å². The molecule has 2 rings (SSSR count). The first-order chi connectivity index (χ1) is 9.33. The van der Waals surface area contributed by atoms with Gasteiger partial charge in [-0.25, -0.2) is 0 Å².